The highest BCUT2D eigenvalue weighted by atomic mass is 16.5. The molecule has 2 fully saturated rings. The largest absolute Gasteiger partial charge is 0.436 e. The maximum absolute atomic E-state index is 12.8. The van der Waals surface area contributed by atoms with Crippen LogP contribution in [0.15, 0.2) is 36.7 Å². The number of hydrogen-bond donors (Lipinski definition) is 1. The summed E-state index contributed by atoms with van der Waals surface area (Å²) in [4.78, 5) is 23.9. The van der Waals surface area contributed by atoms with Crippen LogP contribution in [0.4, 0.5) is 5.82 Å². The molecule has 1 N–H and O–H groups in total. The first-order valence-electron chi connectivity index (χ1n) is 11.3. The van der Waals surface area contributed by atoms with Crippen LogP contribution in [0.25, 0.3) is 0 Å². The number of ether oxygens (including phenoxy) is 1. The second kappa shape index (κ2) is 9.92. The number of amides is 1. The van der Waals surface area contributed by atoms with Gasteiger partial charge in [-0.2, -0.15) is 0 Å². The normalized spacial score (nSPS) is 18.6. The van der Waals surface area contributed by atoms with E-state index >= 15 is 0 Å². The van der Waals surface area contributed by atoms with E-state index in [4.69, 9.17) is 4.74 Å². The Labute approximate surface area is 179 Å². The van der Waals surface area contributed by atoms with E-state index in [1.54, 1.807) is 12.4 Å². The molecule has 1 aromatic carbocycles. The Morgan fingerprint density at radius 2 is 1.70 bits per heavy atom. The fraction of sp³-hybridized carbons (Fsp3) is 0.542. The topological polar surface area (TPSA) is 67.4 Å². The van der Waals surface area contributed by atoms with Gasteiger partial charge in [-0.3, -0.25) is 4.79 Å². The van der Waals surface area contributed by atoms with E-state index in [-0.39, 0.29) is 11.8 Å². The summed E-state index contributed by atoms with van der Waals surface area (Å²) in [5.41, 5.74) is 1.06. The first kappa shape index (κ1) is 20.6. The minimum atomic E-state index is 0.0851. The Morgan fingerprint density at radius 3 is 2.43 bits per heavy atom. The maximum Gasteiger partial charge on any atom is 0.263 e. The summed E-state index contributed by atoms with van der Waals surface area (Å²) >= 11 is 0. The second-order valence-corrected chi connectivity index (χ2v) is 8.51. The molecule has 1 amide bonds. The number of para-hydroxylation sites is 1. The molecule has 6 heteroatoms. The summed E-state index contributed by atoms with van der Waals surface area (Å²) < 4.78 is 6.09. The van der Waals surface area contributed by atoms with Gasteiger partial charge in [0.1, 0.15) is 5.75 Å². The van der Waals surface area contributed by atoms with Crippen LogP contribution >= 0.6 is 0 Å². The summed E-state index contributed by atoms with van der Waals surface area (Å²) in [6.45, 7) is 3.58. The molecule has 0 atom stereocenters. The van der Waals surface area contributed by atoms with Crippen molar-refractivity contribution >= 4 is 11.7 Å². The zero-order chi connectivity index (χ0) is 20.8. The maximum atomic E-state index is 12.8. The number of piperidine rings is 1. The number of benzene rings is 1. The lowest BCUT2D eigenvalue weighted by molar-refractivity contribution is -0.126. The zero-order valence-corrected chi connectivity index (χ0v) is 17.8. The molecular weight excluding hydrogens is 376 g/mol. The van der Waals surface area contributed by atoms with Gasteiger partial charge in [-0.05, 0) is 44.2 Å². The van der Waals surface area contributed by atoms with E-state index in [0.717, 1.165) is 55.9 Å². The van der Waals surface area contributed by atoms with Crippen LogP contribution < -0.4 is 15.0 Å². The van der Waals surface area contributed by atoms with Crippen molar-refractivity contribution < 1.29 is 9.53 Å². The van der Waals surface area contributed by atoms with Crippen molar-refractivity contribution in [3.8, 4) is 11.6 Å². The van der Waals surface area contributed by atoms with Crippen molar-refractivity contribution in [3.63, 3.8) is 0 Å². The lowest BCUT2D eigenvalue weighted by Crippen LogP contribution is -2.44. The van der Waals surface area contributed by atoms with Crippen molar-refractivity contribution in [1.82, 2.24) is 15.3 Å². The van der Waals surface area contributed by atoms with E-state index in [9.17, 15) is 4.79 Å². The van der Waals surface area contributed by atoms with Crippen LogP contribution in [0.1, 0.15) is 56.9 Å². The third-order valence-electron chi connectivity index (χ3n) is 6.31. The third-order valence-corrected chi connectivity index (χ3v) is 6.31. The van der Waals surface area contributed by atoms with E-state index in [0.29, 0.717) is 11.9 Å². The molecule has 1 aliphatic carbocycles. The molecule has 6 nitrogen and oxygen atoms in total. The predicted molar refractivity (Wildman–Crippen MR) is 118 cm³/mol. The van der Waals surface area contributed by atoms with Crippen molar-refractivity contribution in [1.29, 1.82) is 0 Å². The molecule has 2 aromatic rings. The van der Waals surface area contributed by atoms with E-state index in [1.165, 1.54) is 25.7 Å². The average molecular weight is 409 g/mol. The van der Waals surface area contributed by atoms with Gasteiger partial charge in [-0.25, -0.2) is 9.97 Å². The highest BCUT2D eigenvalue weighted by Crippen LogP contribution is 2.32. The molecule has 4 rings (SSSR count). The lowest BCUT2D eigenvalue weighted by Gasteiger charge is -2.33. The summed E-state index contributed by atoms with van der Waals surface area (Å²) in [5, 5.41) is 3.32. The fourth-order valence-electron chi connectivity index (χ4n) is 4.48. The summed E-state index contributed by atoms with van der Waals surface area (Å²) in [5.74, 6) is 2.38. The molecule has 2 aliphatic rings. The number of nitrogens with zero attached hydrogens (tertiary/aromatic N) is 3. The SMILES string of the molecule is Cc1ccccc1Oc1nccnc1N1CCC(C(=O)NC2CCCCCC2)CC1. The van der Waals surface area contributed by atoms with Crippen LogP contribution in [-0.4, -0.2) is 35.0 Å². The number of aryl methyl sites for hydroxylation is 1. The molecule has 1 saturated heterocycles. The Morgan fingerprint density at radius 1 is 1.00 bits per heavy atom. The van der Waals surface area contributed by atoms with Crippen molar-refractivity contribution in [2.24, 2.45) is 5.92 Å². The first-order valence-corrected chi connectivity index (χ1v) is 11.3. The number of rotatable bonds is 5. The monoisotopic (exact) mass is 408 g/mol. The average Bonchev–Trinajstić information content (AvgIpc) is 3.04. The number of hydrogen-bond acceptors (Lipinski definition) is 5. The Balaban J connectivity index is 1.36. The lowest BCUT2D eigenvalue weighted by atomic mass is 9.95. The fourth-order valence-corrected chi connectivity index (χ4v) is 4.48. The van der Waals surface area contributed by atoms with Crippen molar-refractivity contribution in [2.45, 2.75) is 64.3 Å². The molecule has 0 radical (unpaired) electrons. The van der Waals surface area contributed by atoms with Gasteiger partial charge in [0.25, 0.3) is 5.88 Å². The molecule has 1 aromatic heterocycles. The minimum Gasteiger partial charge on any atom is -0.436 e. The minimum absolute atomic E-state index is 0.0851. The number of carbonyl (C=O) groups is 1. The molecule has 160 valence electrons. The van der Waals surface area contributed by atoms with Gasteiger partial charge >= 0.3 is 0 Å². The second-order valence-electron chi connectivity index (χ2n) is 8.51. The van der Waals surface area contributed by atoms with Crippen LogP contribution in [0.5, 0.6) is 11.6 Å². The standard InChI is InChI=1S/C24H32N4O2/c1-18-8-6-7-11-21(18)30-24-22(25-14-15-26-24)28-16-12-19(13-17-28)23(29)27-20-9-4-2-3-5-10-20/h6-8,11,14-15,19-20H,2-5,9-10,12-13,16-17H2,1H3,(H,27,29). The van der Waals surface area contributed by atoms with Crippen LogP contribution in [0, 0.1) is 12.8 Å². The molecule has 0 spiro atoms. The molecule has 0 unspecified atom stereocenters. The van der Waals surface area contributed by atoms with E-state index in [2.05, 4.69) is 20.2 Å². The highest BCUT2D eigenvalue weighted by Gasteiger charge is 2.28. The molecule has 0 bridgehead atoms. The number of anilines is 1. The summed E-state index contributed by atoms with van der Waals surface area (Å²) in [7, 11) is 0. The highest BCUT2D eigenvalue weighted by molar-refractivity contribution is 5.79. The van der Waals surface area contributed by atoms with Crippen LogP contribution in [0.3, 0.4) is 0 Å². The van der Waals surface area contributed by atoms with Crippen LogP contribution in [0.2, 0.25) is 0 Å². The number of nitrogens with one attached hydrogen (secondary N) is 1. The summed E-state index contributed by atoms with van der Waals surface area (Å²) in [6, 6.07) is 8.27. The molecular formula is C24H32N4O2. The van der Waals surface area contributed by atoms with Crippen molar-refractivity contribution in [2.75, 3.05) is 18.0 Å². The Hall–Kier alpha value is -2.63. The Kier molecular flexibility index (Phi) is 6.82. The van der Waals surface area contributed by atoms with Gasteiger partial charge < -0.3 is 15.0 Å². The van der Waals surface area contributed by atoms with Gasteiger partial charge in [-0.1, -0.05) is 43.9 Å². The zero-order valence-electron chi connectivity index (χ0n) is 17.8. The van der Waals surface area contributed by atoms with Gasteiger partial charge in [0.05, 0.1) is 0 Å². The third kappa shape index (κ3) is 5.10. The van der Waals surface area contributed by atoms with Gasteiger partial charge in [0, 0.05) is 37.4 Å². The number of aromatic nitrogens is 2. The first-order chi connectivity index (χ1) is 14.7. The predicted octanol–water partition coefficient (Wildman–Crippen LogP) is 4.63. The quantitative estimate of drug-likeness (QED) is 0.731. The summed E-state index contributed by atoms with van der Waals surface area (Å²) in [6.07, 6.45) is 12.4. The van der Waals surface area contributed by atoms with Gasteiger partial charge in [0.2, 0.25) is 5.91 Å². The van der Waals surface area contributed by atoms with E-state index < -0.39 is 0 Å². The number of carbonyl (C=O) groups excluding carboxylic acids is 1. The Bertz CT molecular complexity index is 841. The van der Waals surface area contributed by atoms with Crippen molar-refractivity contribution in [3.05, 3.63) is 42.2 Å². The molecule has 30 heavy (non-hydrogen) atoms. The van der Waals surface area contributed by atoms with Crippen LogP contribution in [-0.2, 0) is 4.79 Å². The van der Waals surface area contributed by atoms with Gasteiger partial charge in [0.15, 0.2) is 5.82 Å². The molecule has 2 heterocycles. The molecule has 1 saturated carbocycles. The van der Waals surface area contributed by atoms with E-state index in [1.807, 2.05) is 31.2 Å². The van der Waals surface area contributed by atoms with Gasteiger partial charge in [-0.15, -0.1) is 0 Å². The molecule has 1 aliphatic heterocycles. The smallest absolute Gasteiger partial charge is 0.263 e.